The van der Waals surface area contributed by atoms with Crippen molar-refractivity contribution in [1.29, 1.82) is 0 Å². The standard InChI is InChI=1S/C26H20N4O3/c1-16-13-23(17(2)29(16)20-9-6-12-27-15-20)24(31)28-18-7-5-8-19(14-18)30-25(32)21-10-3-4-11-22(21)26(30)33/h3-15H,1-2H3,(H,28,31). The summed E-state index contributed by atoms with van der Waals surface area (Å²) in [6.07, 6.45) is 3.44. The molecule has 0 radical (unpaired) electrons. The van der Waals surface area contributed by atoms with Crippen molar-refractivity contribution in [2.45, 2.75) is 13.8 Å². The average molecular weight is 436 g/mol. The van der Waals surface area contributed by atoms with Gasteiger partial charge in [0.1, 0.15) is 0 Å². The number of anilines is 2. The van der Waals surface area contributed by atoms with Crippen LogP contribution in [0.2, 0.25) is 0 Å². The summed E-state index contributed by atoms with van der Waals surface area (Å²) >= 11 is 0. The van der Waals surface area contributed by atoms with E-state index >= 15 is 0 Å². The van der Waals surface area contributed by atoms with Crippen molar-refractivity contribution >= 4 is 29.1 Å². The summed E-state index contributed by atoms with van der Waals surface area (Å²) in [5, 5.41) is 2.89. The predicted molar refractivity (Wildman–Crippen MR) is 125 cm³/mol. The fraction of sp³-hybridized carbons (Fsp3) is 0.0769. The fourth-order valence-corrected chi connectivity index (χ4v) is 4.22. The van der Waals surface area contributed by atoms with Crippen molar-refractivity contribution in [3.8, 4) is 5.69 Å². The zero-order valence-electron chi connectivity index (χ0n) is 18.1. The Labute approximate surface area is 190 Å². The van der Waals surface area contributed by atoms with E-state index in [4.69, 9.17) is 0 Å². The molecule has 0 fully saturated rings. The smallest absolute Gasteiger partial charge is 0.266 e. The first-order valence-corrected chi connectivity index (χ1v) is 10.4. The number of benzene rings is 2. The summed E-state index contributed by atoms with van der Waals surface area (Å²) in [6, 6.07) is 19.1. The minimum absolute atomic E-state index is 0.280. The van der Waals surface area contributed by atoms with Gasteiger partial charge in [0, 0.05) is 23.3 Å². The average Bonchev–Trinajstić information content (AvgIpc) is 3.27. The third-order valence-corrected chi connectivity index (χ3v) is 5.74. The van der Waals surface area contributed by atoms with E-state index in [1.165, 1.54) is 0 Å². The summed E-state index contributed by atoms with van der Waals surface area (Å²) in [7, 11) is 0. The second kappa shape index (κ2) is 7.87. The van der Waals surface area contributed by atoms with Gasteiger partial charge < -0.3 is 9.88 Å². The van der Waals surface area contributed by atoms with Gasteiger partial charge in [-0.1, -0.05) is 18.2 Å². The van der Waals surface area contributed by atoms with Gasteiger partial charge in [0.05, 0.1) is 34.3 Å². The molecule has 3 amide bonds. The number of nitrogens with zero attached hydrogens (tertiary/aromatic N) is 3. The Kier molecular flexibility index (Phi) is 4.86. The number of nitrogens with one attached hydrogen (secondary N) is 1. The van der Waals surface area contributed by atoms with Gasteiger partial charge in [-0.2, -0.15) is 0 Å². The van der Waals surface area contributed by atoms with Crippen LogP contribution < -0.4 is 10.2 Å². The largest absolute Gasteiger partial charge is 0.322 e. The molecule has 0 saturated carbocycles. The number of carbonyl (C=O) groups excluding carboxylic acids is 3. The maximum atomic E-state index is 13.1. The van der Waals surface area contributed by atoms with Gasteiger partial charge in [-0.3, -0.25) is 19.4 Å². The lowest BCUT2D eigenvalue weighted by Crippen LogP contribution is -2.29. The third-order valence-electron chi connectivity index (χ3n) is 5.74. The van der Waals surface area contributed by atoms with Crippen molar-refractivity contribution in [1.82, 2.24) is 9.55 Å². The quantitative estimate of drug-likeness (QED) is 0.476. The Hall–Kier alpha value is -4.52. The van der Waals surface area contributed by atoms with E-state index in [1.54, 1.807) is 60.9 Å². The molecule has 5 rings (SSSR count). The first kappa shape index (κ1) is 20.4. The molecular formula is C26H20N4O3. The molecule has 1 aliphatic heterocycles. The van der Waals surface area contributed by atoms with Crippen molar-refractivity contribution in [2.24, 2.45) is 0 Å². The third kappa shape index (κ3) is 3.40. The number of carbonyl (C=O) groups is 3. The van der Waals surface area contributed by atoms with E-state index in [-0.39, 0.29) is 17.7 Å². The van der Waals surface area contributed by atoms with E-state index < -0.39 is 0 Å². The van der Waals surface area contributed by atoms with Crippen LogP contribution in [0.4, 0.5) is 11.4 Å². The fourth-order valence-electron chi connectivity index (χ4n) is 4.22. The van der Waals surface area contributed by atoms with Crippen molar-refractivity contribution < 1.29 is 14.4 Å². The monoisotopic (exact) mass is 436 g/mol. The number of aryl methyl sites for hydroxylation is 1. The molecule has 7 nitrogen and oxygen atoms in total. The molecule has 0 spiro atoms. The number of rotatable bonds is 4. The molecule has 2 aromatic heterocycles. The second-order valence-electron chi connectivity index (χ2n) is 7.83. The Bertz CT molecular complexity index is 1390. The van der Waals surface area contributed by atoms with Crippen LogP contribution in [-0.2, 0) is 0 Å². The molecule has 3 heterocycles. The highest BCUT2D eigenvalue weighted by molar-refractivity contribution is 6.34. The molecule has 7 heteroatoms. The van der Waals surface area contributed by atoms with Gasteiger partial charge in [-0.25, -0.2) is 4.90 Å². The van der Waals surface area contributed by atoms with Crippen LogP contribution in [0.5, 0.6) is 0 Å². The number of hydrogen-bond donors (Lipinski definition) is 1. The normalized spacial score (nSPS) is 12.7. The van der Waals surface area contributed by atoms with E-state index in [9.17, 15) is 14.4 Å². The highest BCUT2D eigenvalue weighted by Gasteiger charge is 2.36. The van der Waals surface area contributed by atoms with Crippen LogP contribution in [0.1, 0.15) is 42.5 Å². The molecule has 1 N–H and O–H groups in total. The second-order valence-corrected chi connectivity index (χ2v) is 7.83. The maximum Gasteiger partial charge on any atom is 0.266 e. The van der Waals surface area contributed by atoms with Crippen molar-refractivity contribution in [3.05, 3.63) is 107 Å². The van der Waals surface area contributed by atoms with Gasteiger partial charge in [-0.15, -0.1) is 0 Å². The minimum Gasteiger partial charge on any atom is -0.322 e. The van der Waals surface area contributed by atoms with Gasteiger partial charge in [-0.05, 0) is 62.4 Å². The Balaban J connectivity index is 1.42. The number of pyridine rings is 1. The SMILES string of the molecule is Cc1cc(C(=O)Nc2cccc(N3C(=O)c4ccccc4C3=O)c2)c(C)n1-c1cccnc1. The molecule has 0 unspecified atom stereocenters. The van der Waals surface area contributed by atoms with E-state index in [0.29, 0.717) is 28.1 Å². The lowest BCUT2D eigenvalue weighted by molar-refractivity contribution is 0.0925. The summed E-state index contributed by atoms with van der Waals surface area (Å²) in [5.74, 6) is -1.03. The zero-order valence-corrected chi connectivity index (χ0v) is 18.1. The molecule has 162 valence electrons. The molecule has 1 aliphatic rings. The number of fused-ring (bicyclic) bond motifs is 1. The van der Waals surface area contributed by atoms with Crippen LogP contribution in [-0.4, -0.2) is 27.3 Å². The van der Waals surface area contributed by atoms with E-state index in [0.717, 1.165) is 22.0 Å². The van der Waals surface area contributed by atoms with Gasteiger partial charge >= 0.3 is 0 Å². The molecular weight excluding hydrogens is 416 g/mol. The number of aromatic nitrogens is 2. The Morgan fingerprint density at radius 2 is 1.55 bits per heavy atom. The van der Waals surface area contributed by atoms with Crippen molar-refractivity contribution in [2.75, 3.05) is 10.2 Å². The van der Waals surface area contributed by atoms with Crippen LogP contribution in [0.15, 0.2) is 79.1 Å². The predicted octanol–water partition coefficient (Wildman–Crippen LogP) is 4.54. The number of hydrogen-bond acceptors (Lipinski definition) is 4. The van der Waals surface area contributed by atoms with Crippen LogP contribution in [0.25, 0.3) is 5.69 Å². The first-order chi connectivity index (χ1) is 16.0. The summed E-state index contributed by atoms with van der Waals surface area (Å²) in [4.78, 5) is 44.0. The van der Waals surface area contributed by atoms with E-state index in [1.807, 2.05) is 36.6 Å². The highest BCUT2D eigenvalue weighted by Crippen LogP contribution is 2.30. The molecule has 33 heavy (non-hydrogen) atoms. The molecule has 0 bridgehead atoms. The van der Waals surface area contributed by atoms with Gasteiger partial charge in [0.2, 0.25) is 0 Å². The summed E-state index contributed by atoms with van der Waals surface area (Å²) in [5.41, 5.74) is 4.74. The van der Waals surface area contributed by atoms with Gasteiger partial charge in [0.25, 0.3) is 17.7 Å². The zero-order chi connectivity index (χ0) is 23.1. The first-order valence-electron chi connectivity index (χ1n) is 10.4. The van der Waals surface area contributed by atoms with Gasteiger partial charge in [0.15, 0.2) is 0 Å². The molecule has 0 aliphatic carbocycles. The highest BCUT2D eigenvalue weighted by atomic mass is 16.2. The van der Waals surface area contributed by atoms with Crippen LogP contribution >= 0.6 is 0 Å². The number of imide groups is 1. The minimum atomic E-state index is -0.376. The molecule has 0 saturated heterocycles. The lowest BCUT2D eigenvalue weighted by Gasteiger charge is -2.15. The topological polar surface area (TPSA) is 84.3 Å². The van der Waals surface area contributed by atoms with Crippen molar-refractivity contribution in [3.63, 3.8) is 0 Å². The van der Waals surface area contributed by atoms with Crippen LogP contribution in [0.3, 0.4) is 0 Å². The molecule has 4 aromatic rings. The Morgan fingerprint density at radius 1 is 0.848 bits per heavy atom. The van der Waals surface area contributed by atoms with E-state index in [2.05, 4.69) is 10.3 Å². The lowest BCUT2D eigenvalue weighted by atomic mass is 10.1. The number of amides is 3. The summed E-state index contributed by atoms with van der Waals surface area (Å²) in [6.45, 7) is 3.81. The summed E-state index contributed by atoms with van der Waals surface area (Å²) < 4.78 is 1.97. The molecule has 2 aromatic carbocycles. The van der Waals surface area contributed by atoms with Crippen LogP contribution in [0, 0.1) is 13.8 Å². The maximum absolute atomic E-state index is 13.1. The Morgan fingerprint density at radius 3 is 2.21 bits per heavy atom. The molecule has 0 atom stereocenters.